The largest absolute Gasteiger partial charge is 0.484 e. The summed E-state index contributed by atoms with van der Waals surface area (Å²) in [5.74, 6) is 0.656. The molecule has 0 aliphatic carbocycles. The van der Waals surface area contributed by atoms with E-state index >= 15 is 0 Å². The Morgan fingerprint density at radius 1 is 1.32 bits per heavy atom. The molecule has 0 saturated heterocycles. The number of pyridine rings is 1. The van der Waals surface area contributed by atoms with Crippen LogP contribution in [0, 0.1) is 13.8 Å². The normalized spacial score (nSPS) is 14.2. The Morgan fingerprint density at radius 3 is 2.82 bits per heavy atom. The maximum atomic E-state index is 12.5. The smallest absolute Gasteiger partial charge is 0.260 e. The first-order valence-corrected chi connectivity index (χ1v) is 9.69. The molecule has 0 saturated carbocycles. The second-order valence-corrected chi connectivity index (χ2v) is 7.46. The Kier molecular flexibility index (Phi) is 5.09. The van der Waals surface area contributed by atoms with Crippen LogP contribution in [0.3, 0.4) is 0 Å². The van der Waals surface area contributed by atoms with Crippen LogP contribution >= 0.6 is 11.6 Å². The van der Waals surface area contributed by atoms with Gasteiger partial charge in [0.15, 0.2) is 6.61 Å². The lowest BCUT2D eigenvalue weighted by Gasteiger charge is -2.26. The molecule has 1 aliphatic heterocycles. The van der Waals surface area contributed by atoms with Crippen molar-refractivity contribution in [1.29, 1.82) is 0 Å². The van der Waals surface area contributed by atoms with Crippen molar-refractivity contribution in [2.24, 2.45) is 0 Å². The fourth-order valence-electron chi connectivity index (χ4n) is 3.57. The molecule has 0 atom stereocenters. The van der Waals surface area contributed by atoms with Crippen molar-refractivity contribution in [3.05, 3.63) is 64.4 Å². The number of hydrogen-bond acceptors (Lipinski definition) is 3. The molecule has 1 aliphatic rings. The van der Waals surface area contributed by atoms with Crippen LogP contribution in [-0.2, 0) is 4.79 Å². The third-order valence-corrected chi connectivity index (χ3v) is 5.71. The predicted molar refractivity (Wildman–Crippen MR) is 112 cm³/mol. The van der Waals surface area contributed by atoms with Gasteiger partial charge in [-0.05, 0) is 61.2 Å². The van der Waals surface area contributed by atoms with Gasteiger partial charge in [-0.25, -0.2) is 0 Å². The fourth-order valence-corrected chi connectivity index (χ4v) is 3.67. The van der Waals surface area contributed by atoms with E-state index in [0.29, 0.717) is 18.8 Å². The summed E-state index contributed by atoms with van der Waals surface area (Å²) in [6.07, 6.45) is 6.70. The standard InChI is InChI=1S/C22H22ClN3O2/c1-14-10-17(11-15(2)21(14)23)28-13-20(27)26-8-5-16(6-9-26)18-12-25-19-4-3-7-24-22(18)19/h3-5,7,10-12,25H,6,8-9,13H2,1-2H3. The van der Waals surface area contributed by atoms with E-state index in [1.807, 2.05) is 49.2 Å². The number of carbonyl (C=O) groups excluding carboxylic acids is 1. The van der Waals surface area contributed by atoms with E-state index < -0.39 is 0 Å². The van der Waals surface area contributed by atoms with E-state index in [-0.39, 0.29) is 12.5 Å². The van der Waals surface area contributed by atoms with Gasteiger partial charge in [0.05, 0.1) is 11.0 Å². The zero-order chi connectivity index (χ0) is 19.7. The fraction of sp³-hybridized carbons (Fsp3) is 0.273. The third kappa shape index (κ3) is 3.62. The molecule has 3 aromatic rings. The first-order valence-electron chi connectivity index (χ1n) is 9.32. The van der Waals surface area contributed by atoms with E-state index in [1.54, 1.807) is 6.20 Å². The van der Waals surface area contributed by atoms with Gasteiger partial charge in [0.2, 0.25) is 0 Å². The van der Waals surface area contributed by atoms with Crippen molar-refractivity contribution in [3.63, 3.8) is 0 Å². The lowest BCUT2D eigenvalue weighted by molar-refractivity contribution is -0.132. The van der Waals surface area contributed by atoms with Crippen molar-refractivity contribution < 1.29 is 9.53 Å². The summed E-state index contributed by atoms with van der Waals surface area (Å²) in [5.41, 5.74) is 6.23. The number of nitrogens with one attached hydrogen (secondary N) is 1. The maximum absolute atomic E-state index is 12.5. The molecule has 1 amide bonds. The van der Waals surface area contributed by atoms with Crippen molar-refractivity contribution in [2.45, 2.75) is 20.3 Å². The number of hydrogen-bond donors (Lipinski definition) is 1. The summed E-state index contributed by atoms with van der Waals surface area (Å²) in [4.78, 5) is 22.1. The van der Waals surface area contributed by atoms with Gasteiger partial charge in [-0.2, -0.15) is 0 Å². The van der Waals surface area contributed by atoms with Crippen LogP contribution in [0.25, 0.3) is 16.6 Å². The molecule has 5 nitrogen and oxygen atoms in total. The van der Waals surface area contributed by atoms with Crippen molar-refractivity contribution in [3.8, 4) is 5.75 Å². The number of halogens is 1. The van der Waals surface area contributed by atoms with Crippen LogP contribution in [0.4, 0.5) is 0 Å². The highest BCUT2D eigenvalue weighted by atomic mass is 35.5. The number of aromatic nitrogens is 2. The highest BCUT2D eigenvalue weighted by molar-refractivity contribution is 6.32. The molecule has 0 spiro atoms. The number of rotatable bonds is 4. The molecule has 1 N–H and O–H groups in total. The number of aryl methyl sites for hydroxylation is 2. The Balaban J connectivity index is 1.40. The van der Waals surface area contributed by atoms with Crippen LogP contribution in [0.2, 0.25) is 5.02 Å². The van der Waals surface area contributed by atoms with E-state index in [1.165, 1.54) is 5.57 Å². The Bertz CT molecular complexity index is 1050. The lowest BCUT2D eigenvalue weighted by atomic mass is 10.0. The molecule has 0 fully saturated rings. The van der Waals surface area contributed by atoms with Crippen molar-refractivity contribution >= 4 is 34.1 Å². The highest BCUT2D eigenvalue weighted by Crippen LogP contribution is 2.28. The van der Waals surface area contributed by atoms with Gasteiger partial charge in [-0.15, -0.1) is 0 Å². The molecule has 28 heavy (non-hydrogen) atoms. The summed E-state index contributed by atoms with van der Waals surface area (Å²) in [5, 5.41) is 0.735. The molecule has 0 radical (unpaired) electrons. The van der Waals surface area contributed by atoms with E-state index in [9.17, 15) is 4.79 Å². The molecule has 0 unspecified atom stereocenters. The maximum Gasteiger partial charge on any atom is 0.260 e. The molecular formula is C22H22ClN3O2. The highest BCUT2D eigenvalue weighted by Gasteiger charge is 2.20. The number of fused-ring (bicyclic) bond motifs is 1. The Labute approximate surface area is 169 Å². The molecule has 144 valence electrons. The summed E-state index contributed by atoms with van der Waals surface area (Å²) >= 11 is 6.18. The number of benzene rings is 1. The van der Waals surface area contributed by atoms with E-state index in [2.05, 4.69) is 16.0 Å². The first-order chi connectivity index (χ1) is 13.5. The summed E-state index contributed by atoms with van der Waals surface area (Å²) in [6, 6.07) is 7.66. The number of aromatic amines is 1. The minimum absolute atomic E-state index is 0.0161. The molecule has 2 aromatic heterocycles. The average molecular weight is 396 g/mol. The summed E-state index contributed by atoms with van der Waals surface area (Å²) in [6.45, 7) is 5.14. The van der Waals surface area contributed by atoms with Crippen LogP contribution in [-0.4, -0.2) is 40.5 Å². The molecule has 4 rings (SSSR count). The Hall–Kier alpha value is -2.79. The van der Waals surface area contributed by atoms with Gasteiger partial charge >= 0.3 is 0 Å². The number of amides is 1. The molecular weight excluding hydrogens is 374 g/mol. The quantitative estimate of drug-likeness (QED) is 0.706. The number of nitrogens with zero attached hydrogens (tertiary/aromatic N) is 2. The van der Waals surface area contributed by atoms with E-state index in [4.69, 9.17) is 16.3 Å². The lowest BCUT2D eigenvalue weighted by Crippen LogP contribution is -2.37. The van der Waals surface area contributed by atoms with Gasteiger partial charge in [0, 0.05) is 36.1 Å². The van der Waals surface area contributed by atoms with Gasteiger partial charge in [-0.1, -0.05) is 17.7 Å². The monoisotopic (exact) mass is 395 g/mol. The summed E-state index contributed by atoms with van der Waals surface area (Å²) < 4.78 is 5.71. The Morgan fingerprint density at radius 2 is 2.11 bits per heavy atom. The first kappa shape index (κ1) is 18.6. The van der Waals surface area contributed by atoms with Gasteiger partial charge in [0.25, 0.3) is 5.91 Å². The molecule has 6 heteroatoms. The van der Waals surface area contributed by atoms with Crippen molar-refractivity contribution in [2.75, 3.05) is 19.7 Å². The van der Waals surface area contributed by atoms with Crippen LogP contribution < -0.4 is 4.74 Å². The zero-order valence-electron chi connectivity index (χ0n) is 16.0. The van der Waals surface area contributed by atoms with E-state index in [0.717, 1.165) is 39.2 Å². The average Bonchev–Trinajstić information content (AvgIpc) is 3.14. The predicted octanol–water partition coefficient (Wildman–Crippen LogP) is 4.53. The van der Waals surface area contributed by atoms with Crippen LogP contribution in [0.1, 0.15) is 23.1 Å². The second kappa shape index (κ2) is 7.68. The van der Waals surface area contributed by atoms with Crippen LogP contribution in [0.5, 0.6) is 5.75 Å². The molecule has 0 bridgehead atoms. The minimum atomic E-state index is -0.0161. The third-order valence-electron chi connectivity index (χ3n) is 5.11. The minimum Gasteiger partial charge on any atom is -0.484 e. The number of carbonyl (C=O) groups is 1. The molecule has 3 heterocycles. The van der Waals surface area contributed by atoms with Crippen LogP contribution in [0.15, 0.2) is 42.7 Å². The van der Waals surface area contributed by atoms with Gasteiger partial charge in [0.1, 0.15) is 5.75 Å². The molecule has 1 aromatic carbocycles. The van der Waals surface area contributed by atoms with Gasteiger partial charge in [-0.3, -0.25) is 9.78 Å². The second-order valence-electron chi connectivity index (χ2n) is 7.08. The van der Waals surface area contributed by atoms with Crippen molar-refractivity contribution in [1.82, 2.24) is 14.9 Å². The number of H-pyrrole nitrogens is 1. The summed E-state index contributed by atoms with van der Waals surface area (Å²) in [7, 11) is 0. The topological polar surface area (TPSA) is 58.2 Å². The SMILES string of the molecule is Cc1cc(OCC(=O)N2CC=C(c3c[nH]c4cccnc34)CC2)cc(C)c1Cl. The van der Waals surface area contributed by atoms with Gasteiger partial charge < -0.3 is 14.6 Å². The zero-order valence-corrected chi connectivity index (χ0v) is 16.7. The number of ether oxygens (including phenoxy) is 1.